The number of rotatable bonds is 4. The Balaban J connectivity index is 2.06. The predicted molar refractivity (Wildman–Crippen MR) is 72.3 cm³/mol. The first-order valence-corrected chi connectivity index (χ1v) is 8.04. The van der Waals surface area contributed by atoms with Gasteiger partial charge in [-0.2, -0.15) is 0 Å². The SMILES string of the molecule is COc1ccc(C(=O)CC2CS(=O)(=O)CCN2)cc1F. The van der Waals surface area contributed by atoms with Crippen molar-refractivity contribution in [1.29, 1.82) is 0 Å². The van der Waals surface area contributed by atoms with Crippen LogP contribution in [0.1, 0.15) is 16.8 Å². The van der Waals surface area contributed by atoms with Crippen LogP contribution in [-0.4, -0.2) is 45.4 Å². The number of benzene rings is 1. The van der Waals surface area contributed by atoms with Crippen LogP contribution in [0.4, 0.5) is 4.39 Å². The minimum Gasteiger partial charge on any atom is -0.494 e. The van der Waals surface area contributed by atoms with Gasteiger partial charge in [0.1, 0.15) is 0 Å². The maximum absolute atomic E-state index is 13.5. The fourth-order valence-electron chi connectivity index (χ4n) is 2.18. The lowest BCUT2D eigenvalue weighted by atomic mass is 10.0. The number of hydrogen-bond acceptors (Lipinski definition) is 5. The molecule has 20 heavy (non-hydrogen) atoms. The van der Waals surface area contributed by atoms with Gasteiger partial charge < -0.3 is 10.1 Å². The lowest BCUT2D eigenvalue weighted by molar-refractivity contribution is 0.0971. The molecule has 1 aliphatic heterocycles. The number of carbonyl (C=O) groups is 1. The lowest BCUT2D eigenvalue weighted by Gasteiger charge is -2.23. The number of methoxy groups -OCH3 is 1. The average Bonchev–Trinajstić information content (AvgIpc) is 2.37. The maximum Gasteiger partial charge on any atom is 0.165 e. The second-order valence-electron chi connectivity index (χ2n) is 4.74. The van der Waals surface area contributed by atoms with Crippen LogP contribution >= 0.6 is 0 Å². The number of halogens is 1. The zero-order valence-electron chi connectivity index (χ0n) is 11.1. The molecule has 7 heteroatoms. The molecule has 1 aromatic rings. The molecular formula is C13H16FNO4S. The quantitative estimate of drug-likeness (QED) is 0.833. The van der Waals surface area contributed by atoms with Crippen LogP contribution in [-0.2, 0) is 9.84 Å². The summed E-state index contributed by atoms with van der Waals surface area (Å²) in [6, 6.07) is 3.56. The molecule has 1 saturated heterocycles. The molecule has 1 atom stereocenters. The second kappa shape index (κ2) is 5.88. The minimum absolute atomic E-state index is 0.0327. The van der Waals surface area contributed by atoms with Crippen LogP contribution in [0.15, 0.2) is 18.2 Å². The first-order chi connectivity index (χ1) is 9.41. The number of hydrogen-bond donors (Lipinski definition) is 1. The highest BCUT2D eigenvalue weighted by Gasteiger charge is 2.26. The maximum atomic E-state index is 13.5. The Morgan fingerprint density at radius 1 is 1.50 bits per heavy atom. The summed E-state index contributed by atoms with van der Waals surface area (Å²) < 4.78 is 41.3. The molecule has 5 nitrogen and oxygen atoms in total. The molecule has 1 N–H and O–H groups in total. The molecule has 0 aliphatic carbocycles. The van der Waals surface area contributed by atoms with Crippen LogP contribution in [0, 0.1) is 5.82 Å². The van der Waals surface area contributed by atoms with Crippen molar-refractivity contribution in [2.24, 2.45) is 0 Å². The van der Waals surface area contributed by atoms with E-state index in [1.54, 1.807) is 0 Å². The molecule has 0 spiro atoms. The van der Waals surface area contributed by atoms with Gasteiger partial charge in [0.15, 0.2) is 27.2 Å². The molecule has 2 rings (SSSR count). The van der Waals surface area contributed by atoms with Crippen molar-refractivity contribution in [3.63, 3.8) is 0 Å². The van der Waals surface area contributed by atoms with E-state index < -0.39 is 21.7 Å². The van der Waals surface area contributed by atoms with Crippen molar-refractivity contribution in [3.05, 3.63) is 29.6 Å². The number of ether oxygens (including phenoxy) is 1. The van der Waals surface area contributed by atoms with Crippen LogP contribution in [0.3, 0.4) is 0 Å². The molecule has 1 aliphatic rings. The normalized spacial score (nSPS) is 21.4. The Bertz CT molecular complexity index is 615. The molecular weight excluding hydrogens is 285 g/mol. The highest BCUT2D eigenvalue weighted by Crippen LogP contribution is 2.19. The van der Waals surface area contributed by atoms with E-state index in [0.717, 1.165) is 6.07 Å². The van der Waals surface area contributed by atoms with Gasteiger partial charge in [0, 0.05) is 24.6 Å². The minimum atomic E-state index is -3.09. The molecule has 110 valence electrons. The summed E-state index contributed by atoms with van der Waals surface area (Å²) in [6.45, 7) is 0.344. The first kappa shape index (κ1) is 14.9. The topological polar surface area (TPSA) is 72.5 Å². The van der Waals surface area contributed by atoms with Crippen molar-refractivity contribution in [2.75, 3.05) is 25.2 Å². The zero-order chi connectivity index (χ0) is 14.8. The smallest absolute Gasteiger partial charge is 0.165 e. The predicted octanol–water partition coefficient (Wildman–Crippen LogP) is 0.794. The highest BCUT2D eigenvalue weighted by molar-refractivity contribution is 7.91. The fraction of sp³-hybridized carbons (Fsp3) is 0.462. The van der Waals surface area contributed by atoms with Gasteiger partial charge in [0.2, 0.25) is 0 Å². The monoisotopic (exact) mass is 301 g/mol. The highest BCUT2D eigenvalue weighted by atomic mass is 32.2. The van der Waals surface area contributed by atoms with Crippen LogP contribution in [0.25, 0.3) is 0 Å². The molecule has 0 amide bonds. The van der Waals surface area contributed by atoms with Crippen molar-refractivity contribution in [2.45, 2.75) is 12.5 Å². The number of nitrogens with one attached hydrogen (secondary N) is 1. The largest absolute Gasteiger partial charge is 0.494 e. The van der Waals surface area contributed by atoms with Gasteiger partial charge in [-0.1, -0.05) is 0 Å². The summed E-state index contributed by atoms with van der Waals surface area (Å²) >= 11 is 0. The number of sulfone groups is 1. The number of ketones is 1. The van der Waals surface area contributed by atoms with Crippen molar-refractivity contribution >= 4 is 15.6 Å². The summed E-state index contributed by atoms with van der Waals surface area (Å²) in [6.07, 6.45) is 0.0327. The molecule has 1 fully saturated rings. The van der Waals surface area contributed by atoms with Crippen molar-refractivity contribution in [3.8, 4) is 5.75 Å². The van der Waals surface area contributed by atoms with Gasteiger partial charge in [0.05, 0.1) is 18.6 Å². The van der Waals surface area contributed by atoms with E-state index >= 15 is 0 Å². The van der Waals surface area contributed by atoms with E-state index in [0.29, 0.717) is 6.54 Å². The van der Waals surface area contributed by atoms with Gasteiger partial charge in [-0.15, -0.1) is 0 Å². The summed E-state index contributed by atoms with van der Waals surface area (Å²) in [5.74, 6) is -0.796. The Hall–Kier alpha value is -1.47. The van der Waals surface area contributed by atoms with Gasteiger partial charge in [0.25, 0.3) is 0 Å². The van der Waals surface area contributed by atoms with Crippen LogP contribution < -0.4 is 10.1 Å². The Labute approximate surface area is 117 Å². The van der Waals surface area contributed by atoms with Crippen molar-refractivity contribution < 1.29 is 22.3 Å². The molecule has 0 bridgehead atoms. The van der Waals surface area contributed by atoms with E-state index in [-0.39, 0.29) is 35.0 Å². The number of Topliss-reactive ketones (excluding diaryl/α,β-unsaturated/α-hetero) is 1. The average molecular weight is 301 g/mol. The third-order valence-corrected chi connectivity index (χ3v) is 4.94. The van der Waals surface area contributed by atoms with E-state index in [4.69, 9.17) is 4.74 Å². The molecule has 1 heterocycles. The second-order valence-corrected chi connectivity index (χ2v) is 6.97. The first-order valence-electron chi connectivity index (χ1n) is 6.22. The summed E-state index contributed by atoms with van der Waals surface area (Å²) in [4.78, 5) is 12.0. The summed E-state index contributed by atoms with van der Waals surface area (Å²) in [5, 5.41) is 2.99. The van der Waals surface area contributed by atoms with Crippen LogP contribution in [0.2, 0.25) is 0 Å². The fourth-order valence-corrected chi connectivity index (χ4v) is 3.62. The molecule has 1 aromatic carbocycles. The molecule has 0 aromatic heterocycles. The Morgan fingerprint density at radius 2 is 2.25 bits per heavy atom. The van der Waals surface area contributed by atoms with Crippen molar-refractivity contribution in [1.82, 2.24) is 5.32 Å². The standard InChI is InChI=1S/C13H16FNO4S/c1-19-13-3-2-9(6-11(13)14)12(16)7-10-8-20(17,18)5-4-15-10/h2-3,6,10,15H,4-5,7-8H2,1H3. The third kappa shape index (κ3) is 3.55. The Kier molecular flexibility index (Phi) is 4.39. The zero-order valence-corrected chi connectivity index (χ0v) is 11.9. The molecule has 1 unspecified atom stereocenters. The van der Waals surface area contributed by atoms with E-state index in [9.17, 15) is 17.6 Å². The van der Waals surface area contributed by atoms with E-state index in [1.807, 2.05) is 0 Å². The van der Waals surface area contributed by atoms with Gasteiger partial charge in [-0.3, -0.25) is 4.79 Å². The lowest BCUT2D eigenvalue weighted by Crippen LogP contribution is -2.46. The number of carbonyl (C=O) groups excluding carboxylic acids is 1. The third-order valence-electron chi connectivity index (χ3n) is 3.21. The molecule has 0 saturated carbocycles. The molecule has 0 radical (unpaired) electrons. The van der Waals surface area contributed by atoms with E-state index in [1.165, 1.54) is 19.2 Å². The van der Waals surface area contributed by atoms with E-state index in [2.05, 4.69) is 5.32 Å². The van der Waals surface area contributed by atoms with Gasteiger partial charge >= 0.3 is 0 Å². The van der Waals surface area contributed by atoms with Crippen LogP contribution in [0.5, 0.6) is 5.75 Å². The summed E-state index contributed by atoms with van der Waals surface area (Å²) in [5.41, 5.74) is 0.216. The van der Waals surface area contributed by atoms with Gasteiger partial charge in [-0.05, 0) is 18.2 Å². The summed E-state index contributed by atoms with van der Waals surface area (Å²) in [7, 11) is -1.74. The Morgan fingerprint density at radius 3 is 2.85 bits per heavy atom. The van der Waals surface area contributed by atoms with Gasteiger partial charge in [-0.25, -0.2) is 12.8 Å².